The minimum absolute atomic E-state index is 0.280. The molecule has 8 heteroatoms. The maximum atomic E-state index is 13.0. The molecule has 2 amide bonds. The van der Waals surface area contributed by atoms with E-state index in [1.165, 1.54) is 11.3 Å². The van der Waals surface area contributed by atoms with Crippen LogP contribution in [0, 0.1) is 6.92 Å². The van der Waals surface area contributed by atoms with Gasteiger partial charge >= 0.3 is 0 Å². The van der Waals surface area contributed by atoms with E-state index >= 15 is 0 Å². The van der Waals surface area contributed by atoms with Crippen molar-refractivity contribution in [2.45, 2.75) is 33.7 Å². The summed E-state index contributed by atoms with van der Waals surface area (Å²) in [5.41, 5.74) is 2.31. The van der Waals surface area contributed by atoms with Crippen LogP contribution in [0.25, 0.3) is 0 Å². The number of amides is 2. The van der Waals surface area contributed by atoms with Gasteiger partial charge in [-0.1, -0.05) is 24.6 Å². The summed E-state index contributed by atoms with van der Waals surface area (Å²) in [4.78, 5) is 26.6. The summed E-state index contributed by atoms with van der Waals surface area (Å²) in [7, 11) is 0. The van der Waals surface area contributed by atoms with E-state index in [1.807, 2.05) is 20.8 Å². The molecule has 3 aromatic rings. The zero-order valence-electron chi connectivity index (χ0n) is 15.9. The Kier molecular flexibility index (Phi) is 6.16. The number of nitrogens with one attached hydrogen (secondary N) is 2. The molecule has 0 atom stereocenters. The first-order chi connectivity index (χ1) is 13.4. The molecule has 3 rings (SSSR count). The highest BCUT2D eigenvalue weighted by Crippen LogP contribution is 2.34. The lowest BCUT2D eigenvalue weighted by Gasteiger charge is -2.09. The van der Waals surface area contributed by atoms with Gasteiger partial charge in [0.05, 0.1) is 5.56 Å². The fraction of sp³-hybridized carbons (Fsp3) is 0.250. The van der Waals surface area contributed by atoms with Gasteiger partial charge in [0.15, 0.2) is 5.69 Å². The number of aromatic nitrogens is 2. The molecule has 0 spiro atoms. The number of nitrogens with zero attached hydrogens (tertiary/aromatic N) is 2. The molecule has 0 saturated heterocycles. The van der Waals surface area contributed by atoms with E-state index in [-0.39, 0.29) is 11.8 Å². The number of thiophene rings is 1. The third-order valence-electron chi connectivity index (χ3n) is 4.30. The maximum Gasteiger partial charge on any atom is 0.276 e. The van der Waals surface area contributed by atoms with E-state index in [1.54, 1.807) is 41.2 Å². The molecule has 0 radical (unpaired) electrons. The van der Waals surface area contributed by atoms with E-state index in [9.17, 15) is 9.59 Å². The molecule has 2 heterocycles. The predicted molar refractivity (Wildman–Crippen MR) is 114 cm³/mol. The van der Waals surface area contributed by atoms with Gasteiger partial charge in [0.1, 0.15) is 5.00 Å². The van der Waals surface area contributed by atoms with Crippen LogP contribution in [0.1, 0.15) is 45.1 Å². The third kappa shape index (κ3) is 4.26. The molecule has 2 aromatic heterocycles. The summed E-state index contributed by atoms with van der Waals surface area (Å²) in [6.07, 6.45) is 2.43. The first kappa shape index (κ1) is 20.1. The second kappa shape index (κ2) is 8.58. The second-order valence-electron chi connectivity index (χ2n) is 6.17. The Morgan fingerprint density at radius 1 is 1.18 bits per heavy atom. The Bertz CT molecular complexity index is 1030. The summed E-state index contributed by atoms with van der Waals surface area (Å²) in [5.74, 6) is -0.620. The minimum Gasteiger partial charge on any atom is -0.322 e. The highest BCUT2D eigenvalue weighted by atomic mass is 35.5. The standard InChI is InChI=1S/C20H21ClN4O2S/c1-4-15-12(3)28-20(23-18(26)16-9-10-25(5-2)24-16)17(15)19(27)22-14-8-6-7-13(21)11-14/h6-11H,4-5H2,1-3H3,(H,22,27)(H,23,26). The van der Waals surface area contributed by atoms with Gasteiger partial charge in [0.2, 0.25) is 0 Å². The van der Waals surface area contributed by atoms with Crippen LogP contribution < -0.4 is 10.6 Å². The Hall–Kier alpha value is -2.64. The lowest BCUT2D eigenvalue weighted by molar-refractivity contribution is 0.102. The van der Waals surface area contributed by atoms with Gasteiger partial charge in [-0.25, -0.2) is 0 Å². The average molecular weight is 417 g/mol. The van der Waals surface area contributed by atoms with E-state index in [0.717, 1.165) is 10.4 Å². The van der Waals surface area contributed by atoms with E-state index < -0.39 is 0 Å². The number of halogens is 1. The number of carbonyl (C=O) groups excluding carboxylic acids is 2. The van der Waals surface area contributed by atoms with Crippen molar-refractivity contribution < 1.29 is 9.59 Å². The van der Waals surface area contributed by atoms with Crippen molar-refractivity contribution in [2.24, 2.45) is 0 Å². The zero-order chi connectivity index (χ0) is 20.3. The molecular weight excluding hydrogens is 396 g/mol. The first-order valence-corrected chi connectivity index (χ1v) is 10.2. The molecule has 2 N–H and O–H groups in total. The highest BCUT2D eigenvalue weighted by molar-refractivity contribution is 7.16. The number of benzene rings is 1. The van der Waals surface area contributed by atoms with Gasteiger partial charge in [-0.05, 0) is 50.1 Å². The summed E-state index contributed by atoms with van der Waals surface area (Å²) in [6.45, 7) is 6.56. The number of hydrogen-bond donors (Lipinski definition) is 2. The van der Waals surface area contributed by atoms with Gasteiger partial charge in [-0.2, -0.15) is 5.10 Å². The third-order valence-corrected chi connectivity index (χ3v) is 5.59. The number of rotatable bonds is 6. The molecule has 28 heavy (non-hydrogen) atoms. The lowest BCUT2D eigenvalue weighted by atomic mass is 10.1. The molecule has 0 bridgehead atoms. The van der Waals surface area contributed by atoms with Crippen molar-refractivity contribution in [1.82, 2.24) is 9.78 Å². The molecular formula is C20H21ClN4O2S. The Balaban J connectivity index is 1.89. The van der Waals surface area contributed by atoms with E-state index in [0.29, 0.717) is 39.9 Å². The van der Waals surface area contributed by atoms with Crippen molar-refractivity contribution in [3.63, 3.8) is 0 Å². The lowest BCUT2D eigenvalue weighted by Crippen LogP contribution is -2.18. The Morgan fingerprint density at radius 2 is 1.96 bits per heavy atom. The van der Waals surface area contributed by atoms with Gasteiger partial charge in [-0.15, -0.1) is 11.3 Å². The van der Waals surface area contributed by atoms with E-state index in [2.05, 4.69) is 15.7 Å². The van der Waals surface area contributed by atoms with Gasteiger partial charge in [-0.3, -0.25) is 14.3 Å². The zero-order valence-corrected chi connectivity index (χ0v) is 17.4. The normalized spacial score (nSPS) is 10.7. The second-order valence-corrected chi connectivity index (χ2v) is 7.83. The number of aryl methyl sites for hydroxylation is 2. The topological polar surface area (TPSA) is 76.0 Å². The smallest absolute Gasteiger partial charge is 0.276 e. The SMILES string of the molecule is CCc1c(C)sc(NC(=O)c2ccn(CC)n2)c1C(=O)Nc1cccc(Cl)c1. The van der Waals surface area contributed by atoms with Crippen molar-refractivity contribution in [3.05, 3.63) is 63.2 Å². The van der Waals surface area contributed by atoms with E-state index in [4.69, 9.17) is 11.6 Å². The van der Waals surface area contributed by atoms with Crippen LogP contribution in [0.2, 0.25) is 5.02 Å². The van der Waals surface area contributed by atoms with Crippen LogP contribution in [0.5, 0.6) is 0 Å². The first-order valence-electron chi connectivity index (χ1n) is 8.96. The summed E-state index contributed by atoms with van der Waals surface area (Å²) in [5, 5.41) is 11.0. The van der Waals surface area contributed by atoms with Crippen molar-refractivity contribution in [2.75, 3.05) is 10.6 Å². The summed E-state index contributed by atoms with van der Waals surface area (Å²) >= 11 is 7.39. The summed E-state index contributed by atoms with van der Waals surface area (Å²) in [6, 6.07) is 8.62. The van der Waals surface area contributed by atoms with Gasteiger partial charge < -0.3 is 10.6 Å². The van der Waals surface area contributed by atoms with Gasteiger partial charge in [0.25, 0.3) is 11.8 Å². The average Bonchev–Trinajstić information content (AvgIpc) is 3.25. The molecule has 6 nitrogen and oxygen atoms in total. The Labute approximate surface area is 172 Å². The number of anilines is 2. The molecule has 0 aliphatic rings. The molecule has 0 aliphatic carbocycles. The highest BCUT2D eigenvalue weighted by Gasteiger charge is 2.23. The van der Waals surface area contributed by atoms with Crippen LogP contribution in [0.15, 0.2) is 36.5 Å². The van der Waals surface area contributed by atoms with Crippen molar-refractivity contribution >= 4 is 45.4 Å². The minimum atomic E-state index is -0.340. The quantitative estimate of drug-likeness (QED) is 0.594. The summed E-state index contributed by atoms with van der Waals surface area (Å²) < 4.78 is 1.68. The van der Waals surface area contributed by atoms with Crippen LogP contribution in [-0.2, 0) is 13.0 Å². The van der Waals surface area contributed by atoms with Crippen LogP contribution in [0.4, 0.5) is 10.7 Å². The molecule has 1 aromatic carbocycles. The fourth-order valence-electron chi connectivity index (χ4n) is 2.92. The maximum absolute atomic E-state index is 13.0. The predicted octanol–water partition coefficient (Wildman–Crippen LogP) is 4.99. The monoisotopic (exact) mass is 416 g/mol. The van der Waals surface area contributed by atoms with Crippen molar-refractivity contribution in [1.29, 1.82) is 0 Å². The van der Waals surface area contributed by atoms with Gasteiger partial charge in [0, 0.05) is 28.3 Å². The molecule has 0 aliphatic heterocycles. The molecule has 0 fully saturated rings. The van der Waals surface area contributed by atoms with Crippen LogP contribution >= 0.6 is 22.9 Å². The molecule has 0 unspecified atom stereocenters. The van der Waals surface area contributed by atoms with Crippen molar-refractivity contribution in [3.8, 4) is 0 Å². The Morgan fingerprint density at radius 3 is 2.61 bits per heavy atom. The molecule has 0 saturated carbocycles. The van der Waals surface area contributed by atoms with Crippen LogP contribution in [-0.4, -0.2) is 21.6 Å². The number of carbonyl (C=O) groups is 2. The fourth-order valence-corrected chi connectivity index (χ4v) is 4.25. The van der Waals surface area contributed by atoms with Crippen LogP contribution in [0.3, 0.4) is 0 Å². The molecule has 146 valence electrons. The number of hydrogen-bond acceptors (Lipinski definition) is 4. The largest absolute Gasteiger partial charge is 0.322 e.